The van der Waals surface area contributed by atoms with Crippen LogP contribution in [0.15, 0.2) is 66.7 Å². The van der Waals surface area contributed by atoms with Crippen LogP contribution < -0.4 is 5.32 Å². The smallest absolute Gasteiger partial charge is 0.411 e. The first kappa shape index (κ1) is 24.4. The number of rotatable bonds is 4. The first-order valence-electron chi connectivity index (χ1n) is 11.9. The number of carbonyl (C=O) groups excluding carboxylic acids is 3. The Morgan fingerprint density at radius 1 is 0.919 bits per heavy atom. The Balaban J connectivity index is 1.29. The van der Waals surface area contributed by atoms with Crippen LogP contribution in [0.25, 0.3) is 11.1 Å². The molecule has 0 saturated carbocycles. The number of carbonyl (C=O) groups is 3. The van der Waals surface area contributed by atoms with Crippen LogP contribution in [0, 0.1) is 17.6 Å². The number of likely N-dealkylation sites (tertiary alicyclic amines) is 2. The summed E-state index contributed by atoms with van der Waals surface area (Å²) < 4.78 is 32.8. The van der Waals surface area contributed by atoms with Gasteiger partial charge in [0.2, 0.25) is 0 Å². The van der Waals surface area contributed by atoms with Gasteiger partial charge in [0.05, 0.1) is 18.7 Å². The summed E-state index contributed by atoms with van der Waals surface area (Å²) in [4.78, 5) is 41.3. The van der Waals surface area contributed by atoms with E-state index in [4.69, 9.17) is 0 Å². The van der Waals surface area contributed by atoms with Gasteiger partial charge in [0.25, 0.3) is 11.8 Å². The maximum absolute atomic E-state index is 15.0. The van der Waals surface area contributed by atoms with Crippen LogP contribution in [-0.4, -0.2) is 60.5 Å². The first-order chi connectivity index (χ1) is 17.8. The third-order valence-electron chi connectivity index (χ3n) is 7.01. The Hall–Kier alpha value is -4.27. The molecule has 190 valence electrons. The van der Waals surface area contributed by atoms with E-state index < -0.39 is 17.8 Å². The van der Waals surface area contributed by atoms with Crippen LogP contribution in [0.2, 0.25) is 0 Å². The Morgan fingerprint density at radius 3 is 2.41 bits per heavy atom. The molecule has 2 fully saturated rings. The average Bonchev–Trinajstić information content (AvgIpc) is 3.49. The molecule has 2 saturated heterocycles. The number of anilines is 1. The standard InChI is InChI=1S/C28H25F2N3O4/c1-37-28(36)31-22-4-2-3-19(13-22)26(34)32-15-20-11-12-33(25(20)16-32)27(35)23-10-7-18(14-24(23)30)17-5-8-21(29)9-6-17/h2-10,13-14,20,25H,11-12,15-16H2,1H3,(H,31,36)/t20-,25+/m0/s1. The van der Waals surface area contributed by atoms with E-state index in [0.29, 0.717) is 42.0 Å². The van der Waals surface area contributed by atoms with Gasteiger partial charge in [0.15, 0.2) is 0 Å². The van der Waals surface area contributed by atoms with E-state index in [-0.39, 0.29) is 29.2 Å². The molecule has 5 rings (SSSR count). The van der Waals surface area contributed by atoms with Gasteiger partial charge in [-0.25, -0.2) is 13.6 Å². The molecule has 1 N–H and O–H groups in total. The van der Waals surface area contributed by atoms with Crippen molar-refractivity contribution in [2.75, 3.05) is 32.1 Å². The quantitative estimate of drug-likeness (QED) is 0.553. The number of nitrogens with zero attached hydrogens (tertiary/aromatic N) is 2. The SMILES string of the molecule is COC(=O)Nc1cccc(C(=O)N2C[C@@H]3CCN(C(=O)c4ccc(-c5ccc(F)cc5)cc4F)[C@@H]3C2)c1. The summed E-state index contributed by atoms with van der Waals surface area (Å²) in [6, 6.07) is 16.5. The molecular formula is C28H25F2N3O4. The summed E-state index contributed by atoms with van der Waals surface area (Å²) in [6.07, 6.45) is 0.0896. The van der Waals surface area contributed by atoms with Gasteiger partial charge in [-0.15, -0.1) is 0 Å². The molecule has 3 aromatic rings. The number of ether oxygens (including phenoxy) is 1. The van der Waals surface area contributed by atoms with Crippen molar-refractivity contribution in [1.29, 1.82) is 0 Å². The topological polar surface area (TPSA) is 79.0 Å². The van der Waals surface area contributed by atoms with Gasteiger partial charge in [-0.2, -0.15) is 0 Å². The maximum Gasteiger partial charge on any atom is 0.411 e. The van der Waals surface area contributed by atoms with E-state index in [1.54, 1.807) is 52.3 Å². The molecule has 0 aliphatic carbocycles. The molecule has 37 heavy (non-hydrogen) atoms. The fraction of sp³-hybridized carbons (Fsp3) is 0.250. The zero-order valence-electron chi connectivity index (χ0n) is 20.1. The summed E-state index contributed by atoms with van der Waals surface area (Å²) in [7, 11) is 1.26. The summed E-state index contributed by atoms with van der Waals surface area (Å²) >= 11 is 0. The summed E-state index contributed by atoms with van der Waals surface area (Å²) in [5.74, 6) is -1.53. The van der Waals surface area contributed by atoms with Crippen LogP contribution in [0.3, 0.4) is 0 Å². The number of methoxy groups -OCH3 is 1. The molecule has 3 aromatic carbocycles. The Morgan fingerprint density at radius 2 is 1.68 bits per heavy atom. The highest BCUT2D eigenvalue weighted by Gasteiger charge is 2.45. The van der Waals surface area contributed by atoms with Crippen molar-refractivity contribution < 1.29 is 27.9 Å². The molecule has 2 aliphatic rings. The predicted octanol–water partition coefficient (Wildman–Crippen LogP) is 4.80. The molecule has 9 heteroatoms. The molecule has 2 atom stereocenters. The van der Waals surface area contributed by atoms with E-state index in [0.717, 1.165) is 6.42 Å². The predicted molar refractivity (Wildman–Crippen MR) is 133 cm³/mol. The number of hydrogen-bond acceptors (Lipinski definition) is 4. The van der Waals surface area contributed by atoms with Crippen LogP contribution in [0.5, 0.6) is 0 Å². The Bertz CT molecular complexity index is 1360. The van der Waals surface area contributed by atoms with Crippen molar-refractivity contribution >= 4 is 23.6 Å². The zero-order valence-corrected chi connectivity index (χ0v) is 20.1. The van der Waals surface area contributed by atoms with Gasteiger partial charge in [-0.1, -0.05) is 24.3 Å². The monoisotopic (exact) mass is 505 g/mol. The first-order valence-corrected chi connectivity index (χ1v) is 11.9. The molecule has 0 radical (unpaired) electrons. The molecule has 2 heterocycles. The van der Waals surface area contributed by atoms with E-state index >= 15 is 4.39 Å². The number of halogens is 2. The van der Waals surface area contributed by atoms with Crippen molar-refractivity contribution in [2.45, 2.75) is 12.5 Å². The lowest BCUT2D eigenvalue weighted by atomic mass is 10.0. The van der Waals surface area contributed by atoms with Crippen molar-refractivity contribution in [2.24, 2.45) is 5.92 Å². The molecule has 3 amide bonds. The third-order valence-corrected chi connectivity index (χ3v) is 7.01. The van der Waals surface area contributed by atoms with Gasteiger partial charge in [-0.3, -0.25) is 14.9 Å². The third kappa shape index (κ3) is 4.89. The minimum Gasteiger partial charge on any atom is -0.453 e. The fourth-order valence-corrected chi connectivity index (χ4v) is 5.13. The minimum absolute atomic E-state index is 0.0297. The lowest BCUT2D eigenvalue weighted by Crippen LogP contribution is -2.41. The van der Waals surface area contributed by atoms with Gasteiger partial charge >= 0.3 is 6.09 Å². The second-order valence-corrected chi connectivity index (χ2v) is 9.22. The van der Waals surface area contributed by atoms with E-state index in [2.05, 4.69) is 10.1 Å². The highest BCUT2D eigenvalue weighted by Crippen LogP contribution is 2.34. The van der Waals surface area contributed by atoms with Crippen LogP contribution >= 0.6 is 0 Å². The second kappa shape index (κ2) is 10.0. The molecular weight excluding hydrogens is 480 g/mol. The summed E-state index contributed by atoms with van der Waals surface area (Å²) in [5, 5.41) is 2.54. The zero-order chi connectivity index (χ0) is 26.1. The maximum atomic E-state index is 15.0. The molecule has 0 spiro atoms. The lowest BCUT2D eigenvalue weighted by Gasteiger charge is -2.25. The number of nitrogens with one attached hydrogen (secondary N) is 1. The van der Waals surface area contributed by atoms with Crippen LogP contribution in [0.4, 0.5) is 19.3 Å². The molecule has 0 unspecified atom stereocenters. The summed E-state index contributed by atoms with van der Waals surface area (Å²) in [5.41, 5.74) is 2.02. The second-order valence-electron chi connectivity index (χ2n) is 9.22. The van der Waals surface area contributed by atoms with Crippen LogP contribution in [0.1, 0.15) is 27.1 Å². The highest BCUT2D eigenvalue weighted by molar-refractivity contribution is 5.97. The number of benzene rings is 3. The number of fused-ring (bicyclic) bond motifs is 1. The molecule has 7 nitrogen and oxygen atoms in total. The molecule has 2 aliphatic heterocycles. The number of amides is 3. The average molecular weight is 506 g/mol. The molecule has 0 bridgehead atoms. The van der Waals surface area contributed by atoms with Crippen LogP contribution in [-0.2, 0) is 4.74 Å². The van der Waals surface area contributed by atoms with E-state index in [1.165, 1.54) is 31.4 Å². The van der Waals surface area contributed by atoms with Crippen molar-refractivity contribution in [3.8, 4) is 11.1 Å². The Kier molecular flexibility index (Phi) is 6.60. The largest absolute Gasteiger partial charge is 0.453 e. The lowest BCUT2D eigenvalue weighted by molar-refractivity contribution is 0.0685. The van der Waals surface area contributed by atoms with Gasteiger partial charge < -0.3 is 14.5 Å². The fourth-order valence-electron chi connectivity index (χ4n) is 5.13. The van der Waals surface area contributed by atoms with Crippen molar-refractivity contribution in [3.63, 3.8) is 0 Å². The number of hydrogen-bond donors (Lipinski definition) is 1. The van der Waals surface area contributed by atoms with Gasteiger partial charge in [-0.05, 0) is 60.0 Å². The highest BCUT2D eigenvalue weighted by atomic mass is 19.1. The van der Waals surface area contributed by atoms with Gasteiger partial charge in [0.1, 0.15) is 11.6 Å². The van der Waals surface area contributed by atoms with Gasteiger partial charge in [0, 0.05) is 36.8 Å². The molecule has 0 aromatic heterocycles. The Labute approximate surface area is 212 Å². The minimum atomic E-state index is -0.642. The van der Waals surface area contributed by atoms with E-state index in [9.17, 15) is 18.8 Å². The summed E-state index contributed by atoms with van der Waals surface area (Å²) in [6.45, 7) is 1.33. The van der Waals surface area contributed by atoms with Crippen molar-refractivity contribution in [1.82, 2.24) is 9.80 Å². The van der Waals surface area contributed by atoms with Crippen molar-refractivity contribution in [3.05, 3.63) is 89.5 Å². The normalized spacial score (nSPS) is 18.5. The van der Waals surface area contributed by atoms with E-state index in [1.807, 2.05) is 0 Å².